The van der Waals surface area contributed by atoms with Crippen LogP contribution in [0.4, 0.5) is 0 Å². The van der Waals surface area contributed by atoms with Gasteiger partial charge in [0.1, 0.15) is 12.4 Å². The summed E-state index contributed by atoms with van der Waals surface area (Å²) in [6.45, 7) is 5.37. The first kappa shape index (κ1) is 20.2. The number of ether oxygens (including phenoxy) is 1. The molecule has 152 valence electrons. The van der Waals surface area contributed by atoms with Crippen molar-refractivity contribution in [1.29, 1.82) is 0 Å². The largest absolute Gasteiger partial charge is 0.489 e. The molecule has 1 aromatic heterocycles. The number of hydrogen-bond donors (Lipinski definition) is 0. The molecule has 0 fully saturated rings. The van der Waals surface area contributed by atoms with Gasteiger partial charge in [-0.15, -0.1) is 0 Å². The van der Waals surface area contributed by atoms with Gasteiger partial charge in [0.2, 0.25) is 0 Å². The molecule has 0 bridgehead atoms. The summed E-state index contributed by atoms with van der Waals surface area (Å²) in [6.07, 6.45) is 1.95. The maximum absolute atomic E-state index is 13.1. The first-order valence-electron chi connectivity index (χ1n) is 10.1. The van der Waals surface area contributed by atoms with Crippen LogP contribution in [0.25, 0.3) is 21.9 Å². The Morgan fingerprint density at radius 3 is 2.37 bits per heavy atom. The standard InChI is InChI=1S/C26H24ClNO2/c1-18(2)15-28-16-25(20-8-10-21(27)11-9-20)24-14-22(12-13-23(24)26(28)29)30-17-19-6-4-3-5-7-19/h3-14,16,18H,15,17H2,1-2H3. The predicted molar refractivity (Wildman–Crippen MR) is 124 cm³/mol. The van der Waals surface area contributed by atoms with E-state index in [-0.39, 0.29) is 5.56 Å². The van der Waals surface area contributed by atoms with E-state index in [1.807, 2.05) is 79.0 Å². The molecule has 0 saturated heterocycles. The van der Waals surface area contributed by atoms with E-state index in [1.54, 1.807) is 4.57 Å². The molecule has 4 heteroatoms. The lowest BCUT2D eigenvalue weighted by Crippen LogP contribution is -2.22. The van der Waals surface area contributed by atoms with Crippen molar-refractivity contribution in [2.45, 2.75) is 27.0 Å². The summed E-state index contributed by atoms with van der Waals surface area (Å²) in [5, 5.41) is 2.26. The Balaban J connectivity index is 1.81. The first-order chi connectivity index (χ1) is 14.5. The van der Waals surface area contributed by atoms with Crippen LogP contribution in [0.15, 0.2) is 83.8 Å². The fraction of sp³-hybridized carbons (Fsp3) is 0.192. The summed E-state index contributed by atoms with van der Waals surface area (Å²) in [6, 6.07) is 23.5. The Bertz CT molecular complexity index is 1210. The minimum absolute atomic E-state index is 0.0195. The third-order valence-electron chi connectivity index (χ3n) is 5.02. The van der Waals surface area contributed by atoms with Crippen molar-refractivity contribution in [3.05, 3.63) is 99.9 Å². The van der Waals surface area contributed by atoms with Gasteiger partial charge in [-0.25, -0.2) is 0 Å². The van der Waals surface area contributed by atoms with E-state index in [1.165, 1.54) is 0 Å². The van der Waals surface area contributed by atoms with Gasteiger partial charge in [-0.05, 0) is 47.4 Å². The number of hydrogen-bond acceptors (Lipinski definition) is 2. The van der Waals surface area contributed by atoms with Crippen molar-refractivity contribution >= 4 is 22.4 Å². The van der Waals surface area contributed by atoms with Crippen LogP contribution in [0, 0.1) is 5.92 Å². The maximum atomic E-state index is 13.1. The molecule has 0 unspecified atom stereocenters. The summed E-state index contributed by atoms with van der Waals surface area (Å²) < 4.78 is 7.82. The highest BCUT2D eigenvalue weighted by Crippen LogP contribution is 2.31. The van der Waals surface area contributed by atoms with E-state index in [2.05, 4.69) is 13.8 Å². The molecule has 0 aliphatic carbocycles. The molecule has 0 amide bonds. The summed E-state index contributed by atoms with van der Waals surface area (Å²) in [4.78, 5) is 13.1. The molecular formula is C26H24ClNO2. The maximum Gasteiger partial charge on any atom is 0.258 e. The lowest BCUT2D eigenvalue weighted by molar-refractivity contribution is 0.306. The van der Waals surface area contributed by atoms with Crippen molar-refractivity contribution < 1.29 is 4.74 Å². The number of halogens is 1. The van der Waals surface area contributed by atoms with Crippen molar-refractivity contribution in [1.82, 2.24) is 4.57 Å². The van der Waals surface area contributed by atoms with Gasteiger partial charge < -0.3 is 9.30 Å². The SMILES string of the molecule is CC(C)Cn1cc(-c2ccc(Cl)cc2)c2cc(OCc3ccccc3)ccc2c1=O. The summed E-state index contributed by atoms with van der Waals surface area (Å²) in [7, 11) is 0. The molecule has 0 N–H and O–H groups in total. The summed E-state index contributed by atoms with van der Waals surface area (Å²) in [5.74, 6) is 1.11. The molecule has 0 spiro atoms. The molecule has 3 nitrogen and oxygen atoms in total. The number of aromatic nitrogens is 1. The van der Waals surface area contributed by atoms with E-state index < -0.39 is 0 Å². The second-order valence-corrected chi connectivity index (χ2v) is 8.32. The van der Waals surface area contributed by atoms with Crippen LogP contribution in [0.5, 0.6) is 5.75 Å². The smallest absolute Gasteiger partial charge is 0.258 e. The van der Waals surface area contributed by atoms with Gasteiger partial charge in [0.15, 0.2) is 0 Å². The number of rotatable bonds is 6. The van der Waals surface area contributed by atoms with Gasteiger partial charge in [-0.3, -0.25) is 4.79 Å². The molecule has 30 heavy (non-hydrogen) atoms. The lowest BCUT2D eigenvalue weighted by atomic mass is 10.00. The average Bonchev–Trinajstić information content (AvgIpc) is 2.75. The Morgan fingerprint density at radius 2 is 1.67 bits per heavy atom. The van der Waals surface area contributed by atoms with Gasteiger partial charge >= 0.3 is 0 Å². The zero-order valence-corrected chi connectivity index (χ0v) is 17.9. The fourth-order valence-corrected chi connectivity index (χ4v) is 3.72. The Hall–Kier alpha value is -3.04. The van der Waals surface area contributed by atoms with Gasteiger partial charge in [0.05, 0.1) is 0 Å². The molecular weight excluding hydrogens is 394 g/mol. The second-order valence-electron chi connectivity index (χ2n) is 7.88. The highest BCUT2D eigenvalue weighted by molar-refractivity contribution is 6.30. The van der Waals surface area contributed by atoms with E-state index >= 15 is 0 Å². The van der Waals surface area contributed by atoms with E-state index in [0.29, 0.717) is 29.5 Å². The van der Waals surface area contributed by atoms with Gasteiger partial charge in [0.25, 0.3) is 5.56 Å². The van der Waals surface area contributed by atoms with Crippen LogP contribution in [-0.4, -0.2) is 4.57 Å². The van der Waals surface area contributed by atoms with E-state index in [4.69, 9.17) is 16.3 Å². The van der Waals surface area contributed by atoms with E-state index in [9.17, 15) is 4.79 Å². The van der Waals surface area contributed by atoms with Crippen molar-refractivity contribution in [3.8, 4) is 16.9 Å². The van der Waals surface area contributed by atoms with Crippen LogP contribution in [-0.2, 0) is 13.2 Å². The quantitative estimate of drug-likeness (QED) is 0.356. The van der Waals surface area contributed by atoms with E-state index in [0.717, 1.165) is 27.8 Å². The molecule has 1 heterocycles. The third-order valence-corrected chi connectivity index (χ3v) is 5.27. The van der Waals surface area contributed by atoms with Gasteiger partial charge in [-0.1, -0.05) is 67.9 Å². The van der Waals surface area contributed by atoms with Gasteiger partial charge in [0, 0.05) is 34.1 Å². The lowest BCUT2D eigenvalue weighted by Gasteiger charge is -2.15. The number of fused-ring (bicyclic) bond motifs is 1. The first-order valence-corrected chi connectivity index (χ1v) is 10.5. The molecule has 0 radical (unpaired) electrons. The minimum Gasteiger partial charge on any atom is -0.489 e. The third kappa shape index (κ3) is 4.42. The average molecular weight is 418 g/mol. The normalized spacial score (nSPS) is 11.2. The van der Waals surface area contributed by atoms with Crippen molar-refractivity contribution in [3.63, 3.8) is 0 Å². The monoisotopic (exact) mass is 417 g/mol. The van der Waals surface area contributed by atoms with Crippen LogP contribution < -0.4 is 10.3 Å². The van der Waals surface area contributed by atoms with Crippen molar-refractivity contribution in [2.75, 3.05) is 0 Å². The Labute approximate surface area is 181 Å². The molecule has 3 aromatic carbocycles. The zero-order chi connectivity index (χ0) is 21.1. The van der Waals surface area contributed by atoms with Crippen LogP contribution >= 0.6 is 11.6 Å². The Morgan fingerprint density at radius 1 is 0.933 bits per heavy atom. The Kier molecular flexibility index (Phi) is 5.91. The molecule has 0 aliphatic rings. The molecule has 0 aliphatic heterocycles. The fourth-order valence-electron chi connectivity index (χ4n) is 3.59. The van der Waals surface area contributed by atoms with Crippen LogP contribution in [0.3, 0.4) is 0 Å². The second kappa shape index (κ2) is 8.76. The molecule has 0 atom stereocenters. The summed E-state index contributed by atoms with van der Waals surface area (Å²) >= 11 is 6.09. The minimum atomic E-state index is 0.0195. The van der Waals surface area contributed by atoms with Crippen LogP contribution in [0.2, 0.25) is 5.02 Å². The highest BCUT2D eigenvalue weighted by atomic mass is 35.5. The molecule has 4 rings (SSSR count). The number of nitrogens with zero attached hydrogens (tertiary/aromatic N) is 1. The van der Waals surface area contributed by atoms with Crippen molar-refractivity contribution in [2.24, 2.45) is 5.92 Å². The highest BCUT2D eigenvalue weighted by Gasteiger charge is 2.13. The van der Waals surface area contributed by atoms with Gasteiger partial charge in [-0.2, -0.15) is 0 Å². The molecule has 0 saturated carbocycles. The number of pyridine rings is 1. The molecule has 4 aromatic rings. The topological polar surface area (TPSA) is 31.2 Å². The number of benzene rings is 3. The van der Waals surface area contributed by atoms with Crippen LogP contribution in [0.1, 0.15) is 19.4 Å². The zero-order valence-electron chi connectivity index (χ0n) is 17.1. The predicted octanol–water partition coefficient (Wildman–Crippen LogP) is 6.56. The summed E-state index contributed by atoms with van der Waals surface area (Å²) in [5.41, 5.74) is 3.13.